The van der Waals surface area contributed by atoms with Crippen molar-refractivity contribution < 1.29 is 14.3 Å². The van der Waals surface area contributed by atoms with Crippen molar-refractivity contribution in [1.29, 1.82) is 0 Å². The third-order valence-corrected chi connectivity index (χ3v) is 6.74. The highest BCUT2D eigenvalue weighted by molar-refractivity contribution is 7.22. The predicted molar refractivity (Wildman–Crippen MR) is 139 cm³/mol. The minimum absolute atomic E-state index is 0.135. The maximum atomic E-state index is 13.9. The Hall–Kier alpha value is -3.42. The highest BCUT2D eigenvalue weighted by Gasteiger charge is 2.25. The second-order valence-corrected chi connectivity index (χ2v) is 8.73. The largest absolute Gasteiger partial charge is 0.497 e. The van der Waals surface area contributed by atoms with E-state index in [1.165, 1.54) is 11.3 Å². The first kappa shape index (κ1) is 23.7. The van der Waals surface area contributed by atoms with Crippen LogP contribution in [0.25, 0.3) is 10.2 Å². The van der Waals surface area contributed by atoms with Gasteiger partial charge in [-0.2, -0.15) is 0 Å². The van der Waals surface area contributed by atoms with Gasteiger partial charge in [0, 0.05) is 19.2 Å². The van der Waals surface area contributed by atoms with E-state index in [4.69, 9.17) is 14.5 Å². The van der Waals surface area contributed by atoms with E-state index in [-0.39, 0.29) is 5.91 Å². The average Bonchev–Trinajstić information content (AvgIpc) is 3.30. The highest BCUT2D eigenvalue weighted by Crippen LogP contribution is 2.33. The van der Waals surface area contributed by atoms with Crippen molar-refractivity contribution in [1.82, 2.24) is 9.88 Å². The van der Waals surface area contributed by atoms with Crippen LogP contribution in [0.2, 0.25) is 0 Å². The van der Waals surface area contributed by atoms with Crippen molar-refractivity contribution in [3.63, 3.8) is 0 Å². The number of carbonyl (C=O) groups is 1. The number of amides is 1. The number of methoxy groups -OCH3 is 1. The molecule has 0 spiro atoms. The molecule has 0 aliphatic heterocycles. The third-order valence-electron chi connectivity index (χ3n) is 5.68. The van der Waals surface area contributed by atoms with Crippen LogP contribution in [-0.2, 0) is 0 Å². The summed E-state index contributed by atoms with van der Waals surface area (Å²) < 4.78 is 12.4. The summed E-state index contributed by atoms with van der Waals surface area (Å²) in [5.41, 5.74) is 1.32. The quantitative estimate of drug-likeness (QED) is 0.278. The predicted octanol–water partition coefficient (Wildman–Crippen LogP) is 6.09. The normalized spacial score (nSPS) is 11.1. The maximum Gasteiger partial charge on any atom is 0.263 e. The summed E-state index contributed by atoms with van der Waals surface area (Å²) in [5, 5.41) is 0.662. The number of fused-ring (bicyclic) bond motifs is 1. The van der Waals surface area contributed by atoms with E-state index in [2.05, 4.69) is 18.7 Å². The van der Waals surface area contributed by atoms with E-state index in [0.29, 0.717) is 28.7 Å². The fourth-order valence-corrected chi connectivity index (χ4v) is 4.67. The van der Waals surface area contributed by atoms with Crippen LogP contribution in [0.4, 0.5) is 5.13 Å². The summed E-state index contributed by atoms with van der Waals surface area (Å²) in [6, 6.07) is 22.7. The lowest BCUT2D eigenvalue weighted by Gasteiger charge is -2.25. The number of thiazole rings is 1. The number of ether oxygens (including phenoxy) is 2. The average molecular weight is 476 g/mol. The molecule has 0 fully saturated rings. The Bertz CT molecular complexity index is 1240. The number of para-hydroxylation sites is 2. The summed E-state index contributed by atoms with van der Waals surface area (Å²) in [4.78, 5) is 22.8. The molecule has 1 heterocycles. The van der Waals surface area contributed by atoms with E-state index in [0.717, 1.165) is 35.6 Å². The Kier molecular flexibility index (Phi) is 7.77. The standard InChI is InChI=1S/C27H29N3O3S/c1-4-29(5-2)17-18-30(27-28-23-19-21(32-3)15-16-25(23)34-27)26(31)22-13-9-10-14-24(22)33-20-11-7-6-8-12-20/h6-16,19H,4-5,17-18H2,1-3H3. The van der Waals surface area contributed by atoms with Gasteiger partial charge in [-0.15, -0.1) is 0 Å². The Morgan fingerprint density at radius 2 is 1.65 bits per heavy atom. The zero-order chi connectivity index (χ0) is 23.9. The first-order chi connectivity index (χ1) is 16.6. The summed E-state index contributed by atoms with van der Waals surface area (Å²) in [7, 11) is 1.64. The van der Waals surface area contributed by atoms with E-state index in [1.54, 1.807) is 18.1 Å². The fourth-order valence-electron chi connectivity index (χ4n) is 3.70. The van der Waals surface area contributed by atoms with Crippen LogP contribution in [0.3, 0.4) is 0 Å². The first-order valence-corrected chi connectivity index (χ1v) is 12.2. The van der Waals surface area contributed by atoms with Crippen LogP contribution < -0.4 is 14.4 Å². The van der Waals surface area contributed by atoms with Gasteiger partial charge in [0.2, 0.25) is 0 Å². The molecule has 3 aromatic carbocycles. The van der Waals surface area contributed by atoms with Crippen LogP contribution in [0.1, 0.15) is 24.2 Å². The number of aromatic nitrogens is 1. The second-order valence-electron chi connectivity index (χ2n) is 7.73. The van der Waals surface area contributed by atoms with Gasteiger partial charge in [-0.1, -0.05) is 55.5 Å². The molecule has 6 nitrogen and oxygen atoms in total. The Morgan fingerprint density at radius 1 is 0.912 bits per heavy atom. The van der Waals surface area contributed by atoms with Crippen molar-refractivity contribution in [3.05, 3.63) is 78.4 Å². The van der Waals surface area contributed by atoms with Crippen LogP contribution in [-0.4, -0.2) is 49.1 Å². The molecule has 4 rings (SSSR count). The molecule has 7 heteroatoms. The maximum absolute atomic E-state index is 13.9. The number of rotatable bonds is 10. The number of anilines is 1. The number of benzene rings is 3. The van der Waals surface area contributed by atoms with E-state index < -0.39 is 0 Å². The van der Waals surface area contributed by atoms with Gasteiger partial charge in [0.05, 0.1) is 22.9 Å². The van der Waals surface area contributed by atoms with Gasteiger partial charge in [0.15, 0.2) is 5.13 Å². The molecule has 34 heavy (non-hydrogen) atoms. The van der Waals surface area contributed by atoms with Gasteiger partial charge in [0.1, 0.15) is 17.2 Å². The Labute approximate surface area is 204 Å². The first-order valence-electron chi connectivity index (χ1n) is 11.4. The molecular weight excluding hydrogens is 446 g/mol. The molecule has 176 valence electrons. The summed E-state index contributed by atoms with van der Waals surface area (Å²) in [6.07, 6.45) is 0. The highest BCUT2D eigenvalue weighted by atomic mass is 32.1. The van der Waals surface area contributed by atoms with Crippen molar-refractivity contribution in [2.75, 3.05) is 38.2 Å². The molecular formula is C27H29N3O3S. The zero-order valence-electron chi connectivity index (χ0n) is 19.7. The summed E-state index contributed by atoms with van der Waals surface area (Å²) in [5.74, 6) is 1.82. The monoisotopic (exact) mass is 475 g/mol. The van der Waals surface area contributed by atoms with Crippen molar-refractivity contribution in [2.45, 2.75) is 13.8 Å². The topological polar surface area (TPSA) is 54.9 Å². The smallest absolute Gasteiger partial charge is 0.263 e. The van der Waals surface area contributed by atoms with Crippen LogP contribution >= 0.6 is 11.3 Å². The Morgan fingerprint density at radius 3 is 2.38 bits per heavy atom. The molecule has 0 radical (unpaired) electrons. The lowest BCUT2D eigenvalue weighted by atomic mass is 10.1. The van der Waals surface area contributed by atoms with Crippen molar-refractivity contribution >= 4 is 32.6 Å². The van der Waals surface area contributed by atoms with Crippen LogP contribution in [0.5, 0.6) is 17.2 Å². The summed E-state index contributed by atoms with van der Waals surface area (Å²) in [6.45, 7) is 7.37. The van der Waals surface area contributed by atoms with E-state index in [1.807, 2.05) is 66.7 Å². The van der Waals surface area contributed by atoms with Crippen LogP contribution in [0, 0.1) is 0 Å². The molecule has 4 aromatic rings. The summed E-state index contributed by atoms with van der Waals surface area (Å²) >= 11 is 1.50. The van der Waals surface area contributed by atoms with Gasteiger partial charge in [-0.05, 0) is 49.5 Å². The number of likely N-dealkylation sites (N-methyl/N-ethyl adjacent to an activating group) is 1. The number of carbonyl (C=O) groups excluding carboxylic acids is 1. The lowest BCUT2D eigenvalue weighted by molar-refractivity contribution is 0.0981. The molecule has 0 N–H and O–H groups in total. The van der Waals surface area contributed by atoms with Gasteiger partial charge in [-0.25, -0.2) is 4.98 Å². The zero-order valence-corrected chi connectivity index (χ0v) is 20.5. The van der Waals surface area contributed by atoms with Crippen molar-refractivity contribution in [2.24, 2.45) is 0 Å². The number of hydrogen-bond acceptors (Lipinski definition) is 6. The van der Waals surface area contributed by atoms with Gasteiger partial charge in [0.25, 0.3) is 5.91 Å². The molecule has 1 amide bonds. The molecule has 0 atom stereocenters. The van der Waals surface area contributed by atoms with Gasteiger partial charge >= 0.3 is 0 Å². The lowest BCUT2D eigenvalue weighted by Crippen LogP contribution is -2.39. The minimum atomic E-state index is -0.135. The van der Waals surface area contributed by atoms with E-state index in [9.17, 15) is 4.79 Å². The molecule has 0 aliphatic carbocycles. The van der Waals surface area contributed by atoms with Crippen molar-refractivity contribution in [3.8, 4) is 17.2 Å². The molecule has 0 aliphatic rings. The number of hydrogen-bond donors (Lipinski definition) is 0. The van der Waals surface area contributed by atoms with Crippen LogP contribution in [0.15, 0.2) is 72.8 Å². The molecule has 0 unspecified atom stereocenters. The van der Waals surface area contributed by atoms with E-state index >= 15 is 0 Å². The number of nitrogens with zero attached hydrogens (tertiary/aromatic N) is 3. The van der Waals surface area contributed by atoms with Gasteiger partial charge < -0.3 is 14.4 Å². The second kappa shape index (κ2) is 11.1. The SMILES string of the molecule is CCN(CC)CCN(C(=O)c1ccccc1Oc1ccccc1)c1nc2cc(OC)ccc2s1. The molecule has 0 saturated carbocycles. The third kappa shape index (κ3) is 5.38. The molecule has 1 aromatic heterocycles. The van der Waals surface area contributed by atoms with Gasteiger partial charge in [-0.3, -0.25) is 9.69 Å². The fraction of sp³-hybridized carbons (Fsp3) is 0.259. The minimum Gasteiger partial charge on any atom is -0.497 e. The molecule has 0 saturated heterocycles. The Balaban J connectivity index is 1.70. The molecule has 0 bridgehead atoms.